The molecule has 0 aromatic heterocycles. The van der Waals surface area contributed by atoms with Gasteiger partial charge in [-0.3, -0.25) is 9.59 Å². The summed E-state index contributed by atoms with van der Waals surface area (Å²) in [7, 11) is -3.81. The summed E-state index contributed by atoms with van der Waals surface area (Å²) >= 11 is 0. The molecule has 33 heavy (non-hydrogen) atoms. The van der Waals surface area contributed by atoms with Crippen LogP contribution in [0.5, 0.6) is 0 Å². The van der Waals surface area contributed by atoms with Crippen molar-refractivity contribution in [2.75, 3.05) is 37.6 Å². The fourth-order valence-electron chi connectivity index (χ4n) is 4.31. The summed E-state index contributed by atoms with van der Waals surface area (Å²) in [5.41, 5.74) is 0.897. The highest BCUT2D eigenvalue weighted by molar-refractivity contribution is 7.89. The Bertz CT molecular complexity index is 1170. The number of carbonyl (C=O) groups excluding carboxylic acids is 2. The molecule has 10 heteroatoms. The molecule has 0 aliphatic carbocycles. The lowest BCUT2D eigenvalue weighted by Gasteiger charge is -2.24. The van der Waals surface area contributed by atoms with E-state index in [1.54, 1.807) is 24.0 Å². The number of benzene rings is 2. The molecular weight excluding hydrogens is 452 g/mol. The third-order valence-corrected chi connectivity index (χ3v) is 8.00. The van der Waals surface area contributed by atoms with Crippen molar-refractivity contribution in [2.45, 2.75) is 24.7 Å². The summed E-state index contributed by atoms with van der Waals surface area (Å²) in [6, 6.07) is 9.25. The number of carbonyl (C=O) groups is 2. The number of amides is 2. The van der Waals surface area contributed by atoms with Gasteiger partial charge in [0, 0.05) is 39.1 Å². The number of rotatable bonds is 4. The van der Waals surface area contributed by atoms with Gasteiger partial charge in [0.15, 0.2) is 0 Å². The zero-order valence-corrected chi connectivity index (χ0v) is 19.0. The first-order valence-corrected chi connectivity index (χ1v) is 12.2. The number of nitrogens with zero attached hydrogens (tertiary/aromatic N) is 3. The van der Waals surface area contributed by atoms with Gasteiger partial charge in [0.25, 0.3) is 0 Å². The van der Waals surface area contributed by atoms with Gasteiger partial charge >= 0.3 is 0 Å². The lowest BCUT2D eigenvalue weighted by Crippen LogP contribution is -2.40. The van der Waals surface area contributed by atoms with Crippen LogP contribution in [0, 0.1) is 24.5 Å². The quantitative estimate of drug-likeness (QED) is 0.678. The van der Waals surface area contributed by atoms with Crippen molar-refractivity contribution >= 4 is 27.5 Å². The summed E-state index contributed by atoms with van der Waals surface area (Å²) < 4.78 is 54.6. The van der Waals surface area contributed by atoms with Gasteiger partial charge in [-0.15, -0.1) is 0 Å². The van der Waals surface area contributed by atoms with Crippen LogP contribution in [0.25, 0.3) is 0 Å². The molecule has 2 aliphatic heterocycles. The zero-order chi connectivity index (χ0) is 23.8. The van der Waals surface area contributed by atoms with Crippen LogP contribution in [0.2, 0.25) is 0 Å². The second kappa shape index (κ2) is 9.18. The predicted octanol–water partition coefficient (Wildman–Crippen LogP) is 2.55. The average molecular weight is 478 g/mol. The number of aryl methyl sites for hydroxylation is 1. The number of hydrogen-bond donors (Lipinski definition) is 0. The Kier molecular flexibility index (Phi) is 6.49. The summed E-state index contributed by atoms with van der Waals surface area (Å²) in [6.07, 6.45) is 0.420. The Balaban J connectivity index is 1.42. The van der Waals surface area contributed by atoms with Crippen LogP contribution in [0.15, 0.2) is 47.4 Å². The first-order valence-electron chi connectivity index (χ1n) is 10.8. The Morgan fingerprint density at radius 1 is 1.00 bits per heavy atom. The summed E-state index contributed by atoms with van der Waals surface area (Å²) in [4.78, 5) is 28.5. The van der Waals surface area contributed by atoms with E-state index in [0.29, 0.717) is 13.0 Å². The van der Waals surface area contributed by atoms with E-state index in [9.17, 15) is 26.8 Å². The van der Waals surface area contributed by atoms with E-state index in [0.717, 1.165) is 17.7 Å². The number of anilines is 1. The molecule has 0 N–H and O–H groups in total. The fraction of sp³-hybridized carbons (Fsp3) is 0.391. The second-order valence-electron chi connectivity index (χ2n) is 8.40. The van der Waals surface area contributed by atoms with Crippen molar-refractivity contribution in [3.63, 3.8) is 0 Å². The highest BCUT2D eigenvalue weighted by atomic mass is 32.2. The molecule has 1 unspecified atom stereocenters. The van der Waals surface area contributed by atoms with E-state index in [1.807, 2.05) is 0 Å². The molecule has 0 spiro atoms. The van der Waals surface area contributed by atoms with E-state index in [-0.39, 0.29) is 55.0 Å². The van der Waals surface area contributed by atoms with Crippen molar-refractivity contribution in [1.82, 2.24) is 9.21 Å². The largest absolute Gasteiger partial charge is 0.341 e. The van der Waals surface area contributed by atoms with Crippen molar-refractivity contribution in [3.05, 3.63) is 59.7 Å². The molecule has 176 valence electrons. The van der Waals surface area contributed by atoms with Crippen LogP contribution >= 0.6 is 0 Å². The summed E-state index contributed by atoms with van der Waals surface area (Å²) in [5.74, 6) is -2.19. The van der Waals surface area contributed by atoms with E-state index in [4.69, 9.17) is 0 Å². The van der Waals surface area contributed by atoms with Crippen LogP contribution < -0.4 is 4.90 Å². The van der Waals surface area contributed by atoms with Crippen LogP contribution in [-0.2, 0) is 19.6 Å². The second-order valence-corrected chi connectivity index (χ2v) is 10.3. The molecule has 0 radical (unpaired) electrons. The maximum Gasteiger partial charge on any atom is 0.243 e. The molecule has 0 saturated carbocycles. The van der Waals surface area contributed by atoms with Crippen molar-refractivity contribution in [1.29, 1.82) is 0 Å². The molecular formula is C23H25F2N3O4S. The van der Waals surface area contributed by atoms with Gasteiger partial charge in [0.2, 0.25) is 21.8 Å². The Hall–Kier alpha value is -2.85. The summed E-state index contributed by atoms with van der Waals surface area (Å²) in [6.45, 7) is 2.71. The van der Waals surface area contributed by atoms with E-state index in [2.05, 4.69) is 0 Å². The lowest BCUT2D eigenvalue weighted by atomic mass is 10.1. The van der Waals surface area contributed by atoms with Gasteiger partial charge < -0.3 is 9.80 Å². The SMILES string of the molecule is Cc1ccc(N2CC(C(=O)N3CCCN(S(=O)(=O)c4ccc(F)cc4)CC3)CC2=O)c(F)c1. The van der Waals surface area contributed by atoms with Crippen molar-refractivity contribution in [2.24, 2.45) is 5.92 Å². The minimum Gasteiger partial charge on any atom is -0.341 e. The first kappa shape index (κ1) is 23.3. The minimum atomic E-state index is -3.81. The number of halogens is 2. The smallest absolute Gasteiger partial charge is 0.243 e. The molecule has 4 rings (SSSR count). The topological polar surface area (TPSA) is 78.0 Å². The van der Waals surface area contributed by atoms with Gasteiger partial charge in [-0.05, 0) is 55.3 Å². The Morgan fingerprint density at radius 3 is 2.42 bits per heavy atom. The molecule has 2 aromatic rings. The van der Waals surface area contributed by atoms with E-state index in [1.165, 1.54) is 27.4 Å². The van der Waals surface area contributed by atoms with Gasteiger partial charge in [-0.25, -0.2) is 17.2 Å². The van der Waals surface area contributed by atoms with E-state index >= 15 is 0 Å². The van der Waals surface area contributed by atoms with Crippen LogP contribution in [-0.4, -0.2) is 62.2 Å². The maximum atomic E-state index is 14.4. The zero-order valence-electron chi connectivity index (χ0n) is 18.2. The van der Waals surface area contributed by atoms with Gasteiger partial charge in [0.05, 0.1) is 16.5 Å². The van der Waals surface area contributed by atoms with Gasteiger partial charge in [-0.2, -0.15) is 4.31 Å². The van der Waals surface area contributed by atoms with Crippen molar-refractivity contribution < 1.29 is 26.8 Å². The standard InChI is InChI=1S/C23H25F2N3O4S/c1-16-3-8-21(20(25)13-16)28-15-17(14-22(28)29)23(30)26-9-2-10-27(12-11-26)33(31,32)19-6-4-18(24)5-7-19/h3-8,13,17H,2,9-12,14-15H2,1H3. The Labute approximate surface area is 191 Å². The number of sulfonamides is 1. The molecule has 2 heterocycles. The number of hydrogen-bond acceptors (Lipinski definition) is 4. The van der Waals surface area contributed by atoms with Crippen LogP contribution in [0.4, 0.5) is 14.5 Å². The lowest BCUT2D eigenvalue weighted by molar-refractivity contribution is -0.135. The first-order chi connectivity index (χ1) is 15.7. The van der Waals surface area contributed by atoms with Gasteiger partial charge in [0.1, 0.15) is 11.6 Å². The molecule has 1 atom stereocenters. The Morgan fingerprint density at radius 2 is 1.73 bits per heavy atom. The minimum absolute atomic E-state index is 0.000771. The highest BCUT2D eigenvalue weighted by Crippen LogP contribution is 2.29. The highest BCUT2D eigenvalue weighted by Gasteiger charge is 2.39. The normalized spacial score (nSPS) is 20.2. The monoisotopic (exact) mass is 477 g/mol. The summed E-state index contributed by atoms with van der Waals surface area (Å²) in [5, 5.41) is 0. The molecule has 0 bridgehead atoms. The molecule has 7 nitrogen and oxygen atoms in total. The molecule has 2 amide bonds. The molecule has 2 aromatic carbocycles. The maximum absolute atomic E-state index is 14.4. The molecule has 2 saturated heterocycles. The van der Waals surface area contributed by atoms with Crippen molar-refractivity contribution in [3.8, 4) is 0 Å². The van der Waals surface area contributed by atoms with Gasteiger partial charge in [-0.1, -0.05) is 6.07 Å². The third-order valence-electron chi connectivity index (χ3n) is 6.09. The van der Waals surface area contributed by atoms with Crippen LogP contribution in [0.1, 0.15) is 18.4 Å². The predicted molar refractivity (Wildman–Crippen MR) is 118 cm³/mol. The van der Waals surface area contributed by atoms with E-state index < -0.39 is 27.6 Å². The average Bonchev–Trinajstić information content (AvgIpc) is 2.98. The third kappa shape index (κ3) is 4.77. The molecule has 2 fully saturated rings. The van der Waals surface area contributed by atoms with Crippen LogP contribution in [0.3, 0.4) is 0 Å². The molecule has 2 aliphatic rings. The fourth-order valence-corrected chi connectivity index (χ4v) is 5.77.